The first-order chi connectivity index (χ1) is 8.56. The van der Waals surface area contributed by atoms with Crippen molar-refractivity contribution in [1.82, 2.24) is 16.0 Å². The predicted octanol–water partition coefficient (Wildman–Crippen LogP) is 0.786. The highest BCUT2D eigenvalue weighted by molar-refractivity contribution is 5.73. The average Bonchev–Trinajstić information content (AvgIpc) is 2.33. The van der Waals surface area contributed by atoms with Crippen molar-refractivity contribution in [2.45, 2.75) is 33.1 Å². The maximum Gasteiger partial charge on any atom is 0.314 e. The zero-order valence-corrected chi connectivity index (χ0v) is 11.3. The molecule has 2 amide bonds. The van der Waals surface area contributed by atoms with Gasteiger partial charge in [0.15, 0.2) is 0 Å². The Morgan fingerprint density at radius 2 is 1.94 bits per heavy atom. The summed E-state index contributed by atoms with van der Waals surface area (Å²) in [6, 6.07) is -0.186. The maximum absolute atomic E-state index is 11.4. The molecule has 1 atom stereocenters. The molecule has 6 nitrogen and oxygen atoms in total. The van der Waals surface area contributed by atoms with Crippen molar-refractivity contribution in [3.63, 3.8) is 0 Å². The van der Waals surface area contributed by atoms with Crippen LogP contribution in [0.5, 0.6) is 0 Å². The highest BCUT2D eigenvalue weighted by Crippen LogP contribution is 2.03. The van der Waals surface area contributed by atoms with E-state index in [0.717, 1.165) is 19.5 Å². The number of rotatable bonds is 10. The van der Waals surface area contributed by atoms with Crippen molar-refractivity contribution in [3.8, 4) is 0 Å². The Hall–Kier alpha value is -1.30. The van der Waals surface area contributed by atoms with Gasteiger partial charge in [-0.05, 0) is 31.8 Å². The molecule has 0 aliphatic rings. The van der Waals surface area contributed by atoms with Crippen LogP contribution < -0.4 is 16.0 Å². The largest absolute Gasteiger partial charge is 0.481 e. The van der Waals surface area contributed by atoms with Crippen molar-refractivity contribution in [1.29, 1.82) is 0 Å². The summed E-state index contributed by atoms with van der Waals surface area (Å²) in [4.78, 5) is 21.7. The minimum Gasteiger partial charge on any atom is -0.481 e. The summed E-state index contributed by atoms with van der Waals surface area (Å²) >= 11 is 0. The fraction of sp³-hybridized carbons (Fsp3) is 0.833. The van der Waals surface area contributed by atoms with Gasteiger partial charge in [0, 0.05) is 19.5 Å². The molecule has 0 aliphatic carbocycles. The second-order valence-electron chi connectivity index (χ2n) is 4.38. The number of nitrogens with one attached hydrogen (secondary N) is 3. The molecule has 1 unspecified atom stereocenters. The zero-order valence-electron chi connectivity index (χ0n) is 11.3. The lowest BCUT2D eigenvalue weighted by atomic mass is 10.1. The summed E-state index contributed by atoms with van der Waals surface area (Å²) in [7, 11) is 0. The van der Waals surface area contributed by atoms with Crippen LogP contribution in [0.2, 0.25) is 0 Å². The van der Waals surface area contributed by atoms with Gasteiger partial charge in [-0.1, -0.05) is 13.8 Å². The Morgan fingerprint density at radius 3 is 2.56 bits per heavy atom. The molecule has 18 heavy (non-hydrogen) atoms. The number of hydrogen-bond acceptors (Lipinski definition) is 3. The number of aliphatic carboxylic acids is 1. The van der Waals surface area contributed by atoms with E-state index in [0.29, 0.717) is 19.5 Å². The molecule has 0 aliphatic heterocycles. The van der Waals surface area contributed by atoms with Gasteiger partial charge in [-0.15, -0.1) is 0 Å². The number of carboxylic acid groups (broad SMARTS) is 1. The molecule has 106 valence electrons. The van der Waals surface area contributed by atoms with E-state index in [1.54, 1.807) is 0 Å². The second-order valence-corrected chi connectivity index (χ2v) is 4.38. The third-order valence-corrected chi connectivity index (χ3v) is 2.53. The zero-order chi connectivity index (χ0) is 13.8. The Morgan fingerprint density at radius 1 is 1.22 bits per heavy atom. The molecule has 4 N–H and O–H groups in total. The molecule has 0 saturated heterocycles. The first-order valence-corrected chi connectivity index (χ1v) is 6.50. The van der Waals surface area contributed by atoms with E-state index < -0.39 is 5.97 Å². The van der Waals surface area contributed by atoms with E-state index in [1.165, 1.54) is 0 Å². The third kappa shape index (κ3) is 11.2. The van der Waals surface area contributed by atoms with E-state index in [2.05, 4.69) is 16.0 Å². The summed E-state index contributed by atoms with van der Waals surface area (Å²) in [5.41, 5.74) is 0. The summed E-state index contributed by atoms with van der Waals surface area (Å²) in [5.74, 6) is -0.622. The van der Waals surface area contributed by atoms with Crippen LogP contribution in [0.4, 0.5) is 4.79 Å². The molecular weight excluding hydrogens is 234 g/mol. The first kappa shape index (κ1) is 16.7. The van der Waals surface area contributed by atoms with E-state index in [9.17, 15) is 9.59 Å². The second kappa shape index (κ2) is 10.8. The first-order valence-electron chi connectivity index (χ1n) is 6.50. The Balaban J connectivity index is 3.43. The number of amides is 2. The SMILES string of the molecule is CCNCCCNC(=O)NCC(C)CCC(=O)O. The lowest BCUT2D eigenvalue weighted by molar-refractivity contribution is -0.137. The minimum absolute atomic E-state index is 0.146. The van der Waals surface area contributed by atoms with E-state index in [1.807, 2.05) is 13.8 Å². The Kier molecular flexibility index (Phi) is 10.0. The summed E-state index contributed by atoms with van der Waals surface area (Å²) in [6.07, 6.45) is 1.62. The molecule has 0 aromatic carbocycles. The average molecular weight is 259 g/mol. The van der Waals surface area contributed by atoms with Gasteiger partial charge in [0.25, 0.3) is 0 Å². The van der Waals surface area contributed by atoms with Crippen molar-refractivity contribution in [2.24, 2.45) is 5.92 Å². The van der Waals surface area contributed by atoms with Crippen molar-refractivity contribution in [2.75, 3.05) is 26.2 Å². The standard InChI is InChI=1S/C12H25N3O3/c1-3-13-7-4-8-14-12(18)15-9-10(2)5-6-11(16)17/h10,13H,3-9H2,1-2H3,(H,16,17)(H2,14,15,18). The normalized spacial score (nSPS) is 11.9. The molecule has 0 radical (unpaired) electrons. The van der Waals surface area contributed by atoms with Crippen LogP contribution in [0.25, 0.3) is 0 Å². The van der Waals surface area contributed by atoms with Crippen LogP contribution in [0, 0.1) is 5.92 Å². The van der Waals surface area contributed by atoms with Crippen LogP contribution in [0.1, 0.15) is 33.1 Å². The number of hydrogen-bond donors (Lipinski definition) is 4. The molecular formula is C12H25N3O3. The van der Waals surface area contributed by atoms with Gasteiger partial charge in [0.05, 0.1) is 0 Å². The van der Waals surface area contributed by atoms with E-state index in [-0.39, 0.29) is 18.4 Å². The predicted molar refractivity (Wildman–Crippen MR) is 70.6 cm³/mol. The minimum atomic E-state index is -0.797. The van der Waals surface area contributed by atoms with Crippen LogP contribution in [-0.4, -0.2) is 43.3 Å². The van der Waals surface area contributed by atoms with Crippen molar-refractivity contribution >= 4 is 12.0 Å². The third-order valence-electron chi connectivity index (χ3n) is 2.53. The number of urea groups is 1. The highest BCUT2D eigenvalue weighted by Gasteiger charge is 2.07. The number of carboxylic acids is 1. The smallest absolute Gasteiger partial charge is 0.314 e. The Bertz CT molecular complexity index is 247. The number of carbonyl (C=O) groups excluding carboxylic acids is 1. The lowest BCUT2D eigenvalue weighted by Gasteiger charge is -2.12. The molecule has 0 bridgehead atoms. The van der Waals surface area contributed by atoms with Gasteiger partial charge >= 0.3 is 12.0 Å². The summed E-state index contributed by atoms with van der Waals surface area (Å²) < 4.78 is 0. The lowest BCUT2D eigenvalue weighted by Crippen LogP contribution is -2.38. The van der Waals surface area contributed by atoms with Crippen molar-refractivity contribution in [3.05, 3.63) is 0 Å². The van der Waals surface area contributed by atoms with Crippen LogP contribution >= 0.6 is 0 Å². The quantitative estimate of drug-likeness (QED) is 0.437. The molecule has 0 heterocycles. The van der Waals surface area contributed by atoms with Crippen LogP contribution in [-0.2, 0) is 4.79 Å². The van der Waals surface area contributed by atoms with E-state index in [4.69, 9.17) is 5.11 Å². The molecule has 0 saturated carbocycles. The number of carbonyl (C=O) groups is 2. The van der Waals surface area contributed by atoms with E-state index >= 15 is 0 Å². The maximum atomic E-state index is 11.4. The highest BCUT2D eigenvalue weighted by atomic mass is 16.4. The van der Waals surface area contributed by atoms with Gasteiger partial charge in [-0.3, -0.25) is 4.79 Å². The fourth-order valence-electron chi connectivity index (χ4n) is 1.39. The Labute approximate surface area is 109 Å². The van der Waals surface area contributed by atoms with Crippen molar-refractivity contribution < 1.29 is 14.7 Å². The fourth-order valence-corrected chi connectivity index (χ4v) is 1.39. The summed E-state index contributed by atoms with van der Waals surface area (Å²) in [5, 5.41) is 17.2. The van der Waals surface area contributed by atoms with Gasteiger partial charge in [0.2, 0.25) is 0 Å². The molecule has 6 heteroatoms. The summed E-state index contributed by atoms with van der Waals surface area (Å²) in [6.45, 7) is 6.95. The molecule has 0 spiro atoms. The van der Waals surface area contributed by atoms with Crippen LogP contribution in [0.3, 0.4) is 0 Å². The molecule has 0 aromatic rings. The molecule has 0 aromatic heterocycles. The molecule has 0 rings (SSSR count). The molecule has 0 fully saturated rings. The van der Waals surface area contributed by atoms with Crippen LogP contribution in [0.15, 0.2) is 0 Å². The van der Waals surface area contributed by atoms with Gasteiger partial charge < -0.3 is 21.1 Å². The monoisotopic (exact) mass is 259 g/mol. The topological polar surface area (TPSA) is 90.5 Å². The van der Waals surface area contributed by atoms with Gasteiger partial charge in [-0.25, -0.2) is 4.79 Å². The van der Waals surface area contributed by atoms with Gasteiger partial charge in [0.1, 0.15) is 0 Å². The van der Waals surface area contributed by atoms with Gasteiger partial charge in [-0.2, -0.15) is 0 Å².